The number of thiophene rings is 1. The van der Waals surface area contributed by atoms with Gasteiger partial charge in [0.2, 0.25) is 0 Å². The summed E-state index contributed by atoms with van der Waals surface area (Å²) in [7, 11) is 0. The van der Waals surface area contributed by atoms with E-state index >= 15 is 0 Å². The molecule has 2 aromatic heterocycles. The number of aromatic nitrogens is 2. The van der Waals surface area contributed by atoms with Crippen LogP contribution in [-0.4, -0.2) is 41.9 Å². The number of benzene rings is 1. The third-order valence-corrected chi connectivity index (χ3v) is 6.33. The Morgan fingerprint density at radius 3 is 2.48 bits per heavy atom. The zero-order valence-electron chi connectivity index (χ0n) is 15.6. The molecule has 0 spiro atoms. The number of rotatable bonds is 3. The van der Waals surface area contributed by atoms with Crippen molar-refractivity contribution < 1.29 is 9.18 Å². The highest BCUT2D eigenvalue weighted by Gasteiger charge is 2.23. The normalized spacial score (nSPS) is 14.8. The van der Waals surface area contributed by atoms with Gasteiger partial charge in [0.15, 0.2) is 5.78 Å². The first kappa shape index (κ1) is 17.9. The van der Waals surface area contributed by atoms with Crippen LogP contribution in [0.2, 0.25) is 0 Å². The van der Waals surface area contributed by atoms with Crippen molar-refractivity contribution >= 4 is 38.8 Å². The molecule has 7 heteroatoms. The topological polar surface area (TPSA) is 49.3 Å². The molecular formula is C20H21FN4OS. The van der Waals surface area contributed by atoms with Crippen molar-refractivity contribution in [3.63, 3.8) is 0 Å². The lowest BCUT2D eigenvalue weighted by Gasteiger charge is -2.37. The van der Waals surface area contributed by atoms with Crippen LogP contribution in [0.15, 0.2) is 24.5 Å². The minimum Gasteiger partial charge on any atom is -0.366 e. The Morgan fingerprint density at radius 1 is 1.11 bits per heavy atom. The molecule has 3 aromatic rings. The fourth-order valence-electron chi connectivity index (χ4n) is 3.55. The van der Waals surface area contributed by atoms with Gasteiger partial charge < -0.3 is 9.80 Å². The van der Waals surface area contributed by atoms with Gasteiger partial charge in [-0.15, -0.1) is 11.3 Å². The van der Waals surface area contributed by atoms with E-state index in [0.29, 0.717) is 24.3 Å². The van der Waals surface area contributed by atoms with Gasteiger partial charge in [0, 0.05) is 36.6 Å². The molecule has 1 fully saturated rings. The molecule has 0 aliphatic carbocycles. The SMILES string of the molecule is CC(=O)c1ccc(N2CCN(c3ncnc4sc(C)c(C)c34)CC2)c(F)c1. The second-order valence-corrected chi connectivity index (χ2v) is 8.06. The highest BCUT2D eigenvalue weighted by atomic mass is 32.1. The lowest BCUT2D eigenvalue weighted by molar-refractivity contribution is 0.101. The molecule has 0 N–H and O–H groups in total. The predicted octanol–water partition coefficient (Wildman–Crippen LogP) is 3.98. The van der Waals surface area contributed by atoms with Crippen LogP contribution in [0.3, 0.4) is 0 Å². The molecule has 1 aromatic carbocycles. The number of carbonyl (C=O) groups excluding carboxylic acids is 1. The lowest BCUT2D eigenvalue weighted by atomic mass is 10.1. The number of ketones is 1. The van der Waals surface area contributed by atoms with Crippen LogP contribution >= 0.6 is 11.3 Å². The Labute approximate surface area is 161 Å². The number of carbonyl (C=O) groups is 1. The van der Waals surface area contributed by atoms with Crippen molar-refractivity contribution in [2.24, 2.45) is 0 Å². The first-order valence-electron chi connectivity index (χ1n) is 8.97. The highest BCUT2D eigenvalue weighted by molar-refractivity contribution is 7.18. The number of piperazine rings is 1. The van der Waals surface area contributed by atoms with Crippen LogP contribution in [0.25, 0.3) is 10.2 Å². The molecule has 27 heavy (non-hydrogen) atoms. The highest BCUT2D eigenvalue weighted by Crippen LogP contribution is 2.35. The van der Waals surface area contributed by atoms with E-state index in [1.807, 2.05) is 4.90 Å². The molecular weight excluding hydrogens is 363 g/mol. The van der Waals surface area contributed by atoms with E-state index in [2.05, 4.69) is 28.7 Å². The number of halogens is 1. The third-order valence-electron chi connectivity index (χ3n) is 5.22. The largest absolute Gasteiger partial charge is 0.366 e. The van der Waals surface area contributed by atoms with Gasteiger partial charge in [0.1, 0.15) is 22.8 Å². The fourth-order valence-corrected chi connectivity index (χ4v) is 4.54. The molecule has 3 heterocycles. The number of hydrogen-bond acceptors (Lipinski definition) is 6. The quantitative estimate of drug-likeness (QED) is 0.640. The number of fused-ring (bicyclic) bond motifs is 1. The molecule has 0 radical (unpaired) electrons. The molecule has 0 bridgehead atoms. The van der Waals surface area contributed by atoms with Crippen LogP contribution in [0.4, 0.5) is 15.9 Å². The zero-order valence-corrected chi connectivity index (χ0v) is 16.4. The van der Waals surface area contributed by atoms with E-state index in [4.69, 9.17) is 0 Å². The van der Waals surface area contributed by atoms with Gasteiger partial charge in [-0.2, -0.15) is 0 Å². The van der Waals surface area contributed by atoms with E-state index in [9.17, 15) is 9.18 Å². The van der Waals surface area contributed by atoms with Gasteiger partial charge >= 0.3 is 0 Å². The summed E-state index contributed by atoms with van der Waals surface area (Å²) in [5, 5.41) is 1.13. The maximum atomic E-state index is 14.5. The van der Waals surface area contributed by atoms with E-state index in [1.165, 1.54) is 23.4 Å². The summed E-state index contributed by atoms with van der Waals surface area (Å²) < 4.78 is 14.5. The Morgan fingerprint density at radius 2 is 1.81 bits per heavy atom. The second-order valence-electron chi connectivity index (χ2n) is 6.86. The predicted molar refractivity (Wildman–Crippen MR) is 108 cm³/mol. The zero-order chi connectivity index (χ0) is 19.1. The Kier molecular flexibility index (Phi) is 4.55. The van der Waals surface area contributed by atoms with Gasteiger partial charge in [-0.05, 0) is 44.5 Å². The van der Waals surface area contributed by atoms with Crippen molar-refractivity contribution in [2.45, 2.75) is 20.8 Å². The van der Waals surface area contributed by atoms with Crippen LogP contribution in [0, 0.1) is 19.7 Å². The maximum absolute atomic E-state index is 14.5. The standard InChI is InChI=1S/C20H21FN4OS/c1-12-14(3)27-20-18(12)19(22-11-23-20)25-8-6-24(7-9-25)17-5-4-15(13(2)26)10-16(17)21/h4-5,10-11H,6-9H2,1-3H3. The van der Waals surface area contributed by atoms with Gasteiger partial charge in [-0.25, -0.2) is 14.4 Å². The van der Waals surface area contributed by atoms with Gasteiger partial charge in [0.25, 0.3) is 0 Å². The summed E-state index contributed by atoms with van der Waals surface area (Å²) in [6, 6.07) is 4.73. The first-order chi connectivity index (χ1) is 13.0. The molecule has 0 saturated carbocycles. The summed E-state index contributed by atoms with van der Waals surface area (Å²) in [5.74, 6) is 0.498. The van der Waals surface area contributed by atoms with Gasteiger partial charge in [-0.1, -0.05) is 0 Å². The number of aryl methyl sites for hydroxylation is 2. The smallest absolute Gasteiger partial charge is 0.159 e. The summed E-state index contributed by atoms with van der Waals surface area (Å²) >= 11 is 1.69. The molecule has 1 aliphatic rings. The van der Waals surface area contributed by atoms with E-state index in [0.717, 1.165) is 29.1 Å². The van der Waals surface area contributed by atoms with Crippen molar-refractivity contribution in [2.75, 3.05) is 36.0 Å². The summed E-state index contributed by atoms with van der Waals surface area (Å²) in [5.41, 5.74) is 2.19. The third kappa shape index (κ3) is 3.16. The molecule has 1 saturated heterocycles. The lowest BCUT2D eigenvalue weighted by Crippen LogP contribution is -2.47. The first-order valence-corrected chi connectivity index (χ1v) is 9.78. The maximum Gasteiger partial charge on any atom is 0.159 e. The Hall–Kier alpha value is -2.54. The molecule has 0 amide bonds. The fraction of sp³-hybridized carbons (Fsp3) is 0.350. The van der Waals surface area contributed by atoms with Crippen LogP contribution < -0.4 is 9.80 Å². The van der Waals surface area contributed by atoms with Crippen LogP contribution in [-0.2, 0) is 0 Å². The number of hydrogen-bond donors (Lipinski definition) is 0. The average Bonchev–Trinajstić information content (AvgIpc) is 2.96. The van der Waals surface area contributed by atoms with Crippen molar-refractivity contribution in [3.8, 4) is 0 Å². The van der Waals surface area contributed by atoms with Gasteiger partial charge in [0.05, 0.1) is 11.1 Å². The van der Waals surface area contributed by atoms with E-state index < -0.39 is 0 Å². The van der Waals surface area contributed by atoms with E-state index in [-0.39, 0.29) is 11.6 Å². The Balaban J connectivity index is 1.56. The summed E-state index contributed by atoms with van der Waals surface area (Å²) in [6.45, 7) is 8.58. The molecule has 140 valence electrons. The molecule has 4 rings (SSSR count). The molecule has 1 aliphatic heterocycles. The van der Waals surface area contributed by atoms with Crippen LogP contribution in [0.5, 0.6) is 0 Å². The second kappa shape index (κ2) is 6.88. The van der Waals surface area contributed by atoms with Crippen LogP contribution in [0.1, 0.15) is 27.7 Å². The molecule has 5 nitrogen and oxygen atoms in total. The number of Topliss-reactive ketones (excluding diaryl/α,β-unsaturated/α-hetero) is 1. The average molecular weight is 384 g/mol. The number of anilines is 2. The molecule has 0 unspecified atom stereocenters. The Bertz CT molecular complexity index is 1020. The monoisotopic (exact) mass is 384 g/mol. The van der Waals surface area contributed by atoms with Crippen molar-refractivity contribution in [1.29, 1.82) is 0 Å². The van der Waals surface area contributed by atoms with Crippen molar-refractivity contribution in [1.82, 2.24) is 9.97 Å². The van der Waals surface area contributed by atoms with Crippen molar-refractivity contribution in [3.05, 3.63) is 46.3 Å². The minimum absolute atomic E-state index is 0.125. The molecule has 0 atom stereocenters. The van der Waals surface area contributed by atoms with E-state index in [1.54, 1.807) is 29.8 Å². The van der Waals surface area contributed by atoms with Gasteiger partial charge in [-0.3, -0.25) is 4.79 Å². The number of nitrogens with zero attached hydrogens (tertiary/aromatic N) is 4. The summed E-state index contributed by atoms with van der Waals surface area (Å²) in [4.78, 5) is 26.9. The summed E-state index contributed by atoms with van der Waals surface area (Å²) in [6.07, 6.45) is 1.62. The minimum atomic E-state index is -0.343.